The molecule has 0 unspecified atom stereocenters. The topological polar surface area (TPSA) is 89.8 Å². The summed E-state index contributed by atoms with van der Waals surface area (Å²) in [5.41, 5.74) is 1.95. The first kappa shape index (κ1) is 22.0. The molecule has 2 heterocycles. The molecular formula is C21H21ClN2O5S. The Morgan fingerprint density at radius 2 is 2.10 bits per heavy atom. The van der Waals surface area contributed by atoms with E-state index in [0.29, 0.717) is 33.8 Å². The van der Waals surface area contributed by atoms with Crippen molar-refractivity contribution in [1.82, 2.24) is 0 Å². The molecule has 7 nitrogen and oxygen atoms in total. The molecular weight excluding hydrogens is 428 g/mol. The monoisotopic (exact) mass is 448 g/mol. The molecule has 0 aliphatic carbocycles. The molecule has 2 aromatic rings. The van der Waals surface area contributed by atoms with Crippen LogP contribution in [0.15, 0.2) is 41.3 Å². The van der Waals surface area contributed by atoms with Gasteiger partial charge >= 0.3 is 6.09 Å². The maximum Gasteiger partial charge on any atom is 0.421 e. The molecule has 2 atom stereocenters. The Balaban J connectivity index is 2.17. The zero-order chi connectivity index (χ0) is 22.0. The van der Waals surface area contributed by atoms with Crippen LogP contribution in [0.25, 0.3) is 5.57 Å². The van der Waals surface area contributed by atoms with Gasteiger partial charge in [-0.05, 0) is 48.9 Å². The van der Waals surface area contributed by atoms with Crippen molar-refractivity contribution in [2.24, 2.45) is 5.92 Å². The number of carbonyl (C=O) groups is 2. The second kappa shape index (κ2) is 8.97. The predicted octanol–water partition coefficient (Wildman–Crippen LogP) is 5.37. The van der Waals surface area contributed by atoms with Gasteiger partial charge in [-0.1, -0.05) is 30.2 Å². The van der Waals surface area contributed by atoms with Crippen molar-refractivity contribution in [3.05, 3.63) is 66.9 Å². The normalized spacial score (nSPS) is 16.8. The highest BCUT2D eigenvalue weighted by Crippen LogP contribution is 2.45. The molecule has 0 bridgehead atoms. The van der Waals surface area contributed by atoms with Gasteiger partial charge in [-0.25, -0.2) is 9.69 Å². The third-order valence-electron chi connectivity index (χ3n) is 5.37. The summed E-state index contributed by atoms with van der Waals surface area (Å²) in [7, 11) is 1.21. The number of amides is 2. The summed E-state index contributed by atoms with van der Waals surface area (Å²) in [5.74, 6) is -1.17. The number of nitro groups is 1. The molecule has 2 amide bonds. The van der Waals surface area contributed by atoms with Gasteiger partial charge in [0, 0.05) is 26.0 Å². The first-order valence-electron chi connectivity index (χ1n) is 9.38. The molecule has 9 heteroatoms. The van der Waals surface area contributed by atoms with Gasteiger partial charge in [0.05, 0.1) is 18.7 Å². The van der Waals surface area contributed by atoms with Crippen molar-refractivity contribution < 1.29 is 19.2 Å². The van der Waals surface area contributed by atoms with E-state index in [1.165, 1.54) is 18.4 Å². The fourth-order valence-electron chi connectivity index (χ4n) is 4.05. The van der Waals surface area contributed by atoms with Gasteiger partial charge in [0.2, 0.25) is 6.54 Å². The maximum absolute atomic E-state index is 13.3. The molecule has 0 spiro atoms. The van der Waals surface area contributed by atoms with Crippen molar-refractivity contribution in [2.45, 2.75) is 26.2 Å². The summed E-state index contributed by atoms with van der Waals surface area (Å²) in [6.07, 6.45) is -0.202. The molecule has 1 aliphatic heterocycles. The van der Waals surface area contributed by atoms with Crippen molar-refractivity contribution in [3.8, 4) is 0 Å². The number of benzene rings is 1. The van der Waals surface area contributed by atoms with E-state index in [1.54, 1.807) is 25.1 Å². The molecule has 0 N–H and O–H groups in total. The van der Waals surface area contributed by atoms with E-state index in [-0.39, 0.29) is 23.3 Å². The van der Waals surface area contributed by atoms with Crippen LogP contribution in [-0.2, 0) is 9.53 Å². The minimum atomic E-state index is -0.792. The first-order valence-corrected chi connectivity index (χ1v) is 10.6. The molecule has 3 rings (SSSR count). The SMILES string of the molecule is CC[C@@H](/C(C)=C1\C(=O)N(C(=O)OC)c2ccc(Cl)cc21)[C@@H](C[N+](=O)[O-])c1cccs1. The largest absolute Gasteiger partial charge is 0.452 e. The van der Waals surface area contributed by atoms with Crippen LogP contribution in [0.4, 0.5) is 10.5 Å². The number of anilines is 1. The number of imide groups is 1. The van der Waals surface area contributed by atoms with Crippen LogP contribution in [0.3, 0.4) is 0 Å². The highest BCUT2D eigenvalue weighted by atomic mass is 35.5. The van der Waals surface area contributed by atoms with E-state index in [4.69, 9.17) is 16.3 Å². The number of fused-ring (bicyclic) bond motifs is 1. The Labute approximate surface area is 183 Å². The minimum absolute atomic E-state index is 0.249. The van der Waals surface area contributed by atoms with Gasteiger partial charge < -0.3 is 4.74 Å². The Kier molecular flexibility index (Phi) is 6.58. The molecule has 1 aliphatic rings. The zero-order valence-corrected chi connectivity index (χ0v) is 18.3. The molecule has 30 heavy (non-hydrogen) atoms. The molecule has 0 saturated carbocycles. The van der Waals surface area contributed by atoms with Gasteiger partial charge in [0.15, 0.2) is 0 Å². The fraction of sp³-hybridized carbons (Fsp3) is 0.333. The van der Waals surface area contributed by atoms with Gasteiger partial charge in [-0.15, -0.1) is 11.3 Å². The molecule has 0 fully saturated rings. The number of halogens is 1. The van der Waals surface area contributed by atoms with Crippen LogP contribution in [0.2, 0.25) is 5.02 Å². The van der Waals surface area contributed by atoms with Gasteiger partial charge in [-0.3, -0.25) is 14.9 Å². The lowest BCUT2D eigenvalue weighted by Crippen LogP contribution is -2.33. The molecule has 158 valence electrons. The second-order valence-electron chi connectivity index (χ2n) is 6.98. The van der Waals surface area contributed by atoms with Crippen LogP contribution in [0, 0.1) is 16.0 Å². The van der Waals surface area contributed by atoms with E-state index in [0.717, 1.165) is 9.78 Å². The van der Waals surface area contributed by atoms with E-state index in [2.05, 4.69) is 0 Å². The van der Waals surface area contributed by atoms with Crippen LogP contribution >= 0.6 is 22.9 Å². The Hall–Kier alpha value is -2.71. The predicted molar refractivity (Wildman–Crippen MR) is 117 cm³/mol. The summed E-state index contributed by atoms with van der Waals surface area (Å²) < 4.78 is 4.79. The van der Waals surface area contributed by atoms with Crippen LogP contribution in [-0.4, -0.2) is 30.6 Å². The quantitative estimate of drug-likeness (QED) is 0.336. The lowest BCUT2D eigenvalue weighted by Gasteiger charge is -2.25. The summed E-state index contributed by atoms with van der Waals surface area (Å²) in [5, 5.41) is 13.7. The van der Waals surface area contributed by atoms with Crippen LogP contribution < -0.4 is 4.90 Å². The second-order valence-corrected chi connectivity index (χ2v) is 8.40. The highest BCUT2D eigenvalue weighted by Gasteiger charge is 2.41. The number of hydrogen-bond donors (Lipinski definition) is 0. The van der Waals surface area contributed by atoms with Gasteiger partial charge in [-0.2, -0.15) is 0 Å². The number of nitrogens with zero attached hydrogens (tertiary/aromatic N) is 2. The lowest BCUT2D eigenvalue weighted by molar-refractivity contribution is -0.484. The molecule has 1 aromatic carbocycles. The number of thiophene rings is 1. The van der Waals surface area contributed by atoms with Crippen molar-refractivity contribution in [1.29, 1.82) is 0 Å². The molecule has 1 aromatic heterocycles. The van der Waals surface area contributed by atoms with E-state index in [1.807, 2.05) is 24.4 Å². The molecule has 0 radical (unpaired) electrons. The minimum Gasteiger partial charge on any atom is -0.452 e. The van der Waals surface area contributed by atoms with Crippen LogP contribution in [0.1, 0.15) is 36.6 Å². The standard InChI is InChI=1S/C21H21ClN2O5S/c1-4-14(16(11-23(27)28)18-6-5-9-30-18)12(2)19-15-10-13(22)7-8-17(15)24(20(19)25)21(26)29-3/h5-10,14,16H,4,11H2,1-3H3/b19-12-/t14-,16+/m0/s1. The summed E-state index contributed by atoms with van der Waals surface area (Å²) in [4.78, 5) is 38.5. The zero-order valence-electron chi connectivity index (χ0n) is 16.8. The van der Waals surface area contributed by atoms with E-state index >= 15 is 0 Å². The third kappa shape index (κ3) is 3.97. The number of hydrogen-bond acceptors (Lipinski definition) is 6. The third-order valence-corrected chi connectivity index (χ3v) is 6.61. The van der Waals surface area contributed by atoms with Crippen molar-refractivity contribution in [3.63, 3.8) is 0 Å². The highest BCUT2D eigenvalue weighted by molar-refractivity contribution is 7.10. The van der Waals surface area contributed by atoms with E-state index in [9.17, 15) is 19.7 Å². The smallest absolute Gasteiger partial charge is 0.421 e. The average Bonchev–Trinajstić information content (AvgIpc) is 3.32. The fourth-order valence-corrected chi connectivity index (χ4v) is 5.11. The number of carbonyl (C=O) groups excluding carboxylic acids is 2. The first-order chi connectivity index (χ1) is 14.3. The number of ether oxygens (including phenoxy) is 1. The Bertz CT molecular complexity index is 1020. The Morgan fingerprint density at radius 3 is 2.67 bits per heavy atom. The summed E-state index contributed by atoms with van der Waals surface area (Å²) in [6.45, 7) is 3.49. The van der Waals surface area contributed by atoms with Crippen molar-refractivity contribution >= 4 is 46.2 Å². The average molecular weight is 449 g/mol. The van der Waals surface area contributed by atoms with Crippen molar-refractivity contribution in [2.75, 3.05) is 18.6 Å². The number of rotatable bonds is 6. The lowest BCUT2D eigenvalue weighted by atomic mass is 9.80. The van der Waals surface area contributed by atoms with Gasteiger partial charge in [0.25, 0.3) is 5.91 Å². The summed E-state index contributed by atoms with van der Waals surface area (Å²) >= 11 is 7.63. The Morgan fingerprint density at radius 1 is 1.37 bits per heavy atom. The van der Waals surface area contributed by atoms with E-state index < -0.39 is 12.0 Å². The molecule has 0 saturated heterocycles. The van der Waals surface area contributed by atoms with Gasteiger partial charge in [0.1, 0.15) is 0 Å². The number of methoxy groups -OCH3 is 1. The van der Waals surface area contributed by atoms with Crippen LogP contribution in [0.5, 0.6) is 0 Å². The summed E-state index contributed by atoms with van der Waals surface area (Å²) in [6, 6.07) is 8.57. The number of allylic oxidation sites excluding steroid dienone is 1. The maximum atomic E-state index is 13.3.